The lowest BCUT2D eigenvalue weighted by Gasteiger charge is -2.14. The topological polar surface area (TPSA) is 86.8 Å². The number of anilines is 1. The molecule has 1 aromatic heterocycles. The molecule has 0 saturated heterocycles. The van der Waals surface area contributed by atoms with E-state index in [1.165, 1.54) is 33.3 Å². The predicted molar refractivity (Wildman–Crippen MR) is 115 cm³/mol. The molecule has 0 aliphatic rings. The minimum atomic E-state index is -1.05. The molecule has 31 heavy (non-hydrogen) atoms. The fraction of sp³-hybridized carbons (Fsp3) is 0.227. The highest BCUT2D eigenvalue weighted by Crippen LogP contribution is 2.30. The number of halogens is 1. The first-order chi connectivity index (χ1) is 14.8. The van der Waals surface area contributed by atoms with Crippen molar-refractivity contribution in [1.29, 1.82) is 0 Å². The number of benzene rings is 2. The molecule has 0 bridgehead atoms. The molecule has 0 spiro atoms. The summed E-state index contributed by atoms with van der Waals surface area (Å²) in [6.07, 6.45) is -1.05. The van der Waals surface area contributed by atoms with Gasteiger partial charge in [-0.25, -0.2) is 14.2 Å². The van der Waals surface area contributed by atoms with Gasteiger partial charge in [0.15, 0.2) is 17.6 Å². The summed E-state index contributed by atoms with van der Waals surface area (Å²) in [6, 6.07) is 10.7. The molecular weight excluding hydrogens is 423 g/mol. The van der Waals surface area contributed by atoms with Gasteiger partial charge in [0.25, 0.3) is 5.91 Å². The van der Waals surface area contributed by atoms with Crippen molar-refractivity contribution < 1.29 is 28.2 Å². The summed E-state index contributed by atoms with van der Waals surface area (Å²) >= 11 is 1.12. The lowest BCUT2D eigenvalue weighted by atomic mass is 10.2. The Labute approximate surface area is 182 Å². The molecule has 1 heterocycles. The molecule has 7 nitrogen and oxygen atoms in total. The lowest BCUT2D eigenvalue weighted by molar-refractivity contribution is -0.123. The molecule has 1 N–H and O–H groups in total. The number of amides is 1. The van der Waals surface area contributed by atoms with Crippen LogP contribution in [0, 0.1) is 12.7 Å². The minimum Gasteiger partial charge on any atom is -0.493 e. The zero-order valence-electron chi connectivity index (χ0n) is 17.4. The van der Waals surface area contributed by atoms with E-state index >= 15 is 0 Å². The Bertz CT molecular complexity index is 1100. The largest absolute Gasteiger partial charge is 0.493 e. The molecule has 0 aliphatic heterocycles. The summed E-state index contributed by atoms with van der Waals surface area (Å²) < 4.78 is 28.8. The number of aromatic nitrogens is 1. The van der Waals surface area contributed by atoms with Crippen LogP contribution in [0.15, 0.2) is 42.5 Å². The van der Waals surface area contributed by atoms with Crippen molar-refractivity contribution in [3.63, 3.8) is 0 Å². The third kappa shape index (κ3) is 5.18. The van der Waals surface area contributed by atoms with Crippen molar-refractivity contribution in [2.45, 2.75) is 20.0 Å². The molecular formula is C22H21FN2O5S. The highest BCUT2D eigenvalue weighted by molar-refractivity contribution is 7.17. The van der Waals surface area contributed by atoms with Gasteiger partial charge in [-0.15, -0.1) is 11.3 Å². The van der Waals surface area contributed by atoms with E-state index in [9.17, 15) is 14.0 Å². The molecule has 1 atom stereocenters. The van der Waals surface area contributed by atoms with Gasteiger partial charge < -0.3 is 19.5 Å². The molecule has 0 saturated carbocycles. The van der Waals surface area contributed by atoms with Gasteiger partial charge >= 0.3 is 5.97 Å². The maximum absolute atomic E-state index is 13.1. The van der Waals surface area contributed by atoms with Crippen LogP contribution in [0.5, 0.6) is 11.5 Å². The number of carbonyl (C=O) groups excluding carboxylic acids is 2. The number of esters is 1. The number of ether oxygens (including phenoxy) is 3. The van der Waals surface area contributed by atoms with Crippen molar-refractivity contribution in [3.05, 3.63) is 58.9 Å². The Kier molecular flexibility index (Phi) is 6.86. The summed E-state index contributed by atoms with van der Waals surface area (Å²) in [4.78, 5) is 29.7. The van der Waals surface area contributed by atoms with E-state index in [1.807, 2.05) is 0 Å². The van der Waals surface area contributed by atoms with Gasteiger partial charge in [-0.2, -0.15) is 0 Å². The van der Waals surface area contributed by atoms with Crippen LogP contribution in [-0.4, -0.2) is 37.2 Å². The number of aryl methyl sites for hydroxylation is 1. The van der Waals surface area contributed by atoms with Gasteiger partial charge in [-0.1, -0.05) is 0 Å². The van der Waals surface area contributed by atoms with Crippen molar-refractivity contribution in [1.82, 2.24) is 4.98 Å². The average Bonchev–Trinajstić information content (AvgIpc) is 3.15. The number of carbonyl (C=O) groups is 2. The van der Waals surface area contributed by atoms with Gasteiger partial charge in [0.1, 0.15) is 15.7 Å². The van der Waals surface area contributed by atoms with E-state index in [0.29, 0.717) is 33.5 Å². The van der Waals surface area contributed by atoms with Crippen LogP contribution in [0.1, 0.15) is 22.3 Å². The Hall–Kier alpha value is -3.46. The van der Waals surface area contributed by atoms with Gasteiger partial charge in [0, 0.05) is 17.3 Å². The van der Waals surface area contributed by atoms with E-state index in [1.54, 1.807) is 37.3 Å². The average molecular weight is 444 g/mol. The monoisotopic (exact) mass is 444 g/mol. The van der Waals surface area contributed by atoms with E-state index in [-0.39, 0.29) is 10.7 Å². The number of rotatable bonds is 7. The van der Waals surface area contributed by atoms with Crippen LogP contribution in [0.25, 0.3) is 10.6 Å². The summed E-state index contributed by atoms with van der Waals surface area (Å²) in [7, 11) is 3.01. The van der Waals surface area contributed by atoms with Crippen molar-refractivity contribution in [2.75, 3.05) is 19.5 Å². The highest BCUT2D eigenvalue weighted by Gasteiger charge is 2.23. The van der Waals surface area contributed by atoms with Crippen LogP contribution in [0.4, 0.5) is 10.1 Å². The molecule has 0 radical (unpaired) electrons. The molecule has 162 valence electrons. The third-order valence-electron chi connectivity index (χ3n) is 4.38. The van der Waals surface area contributed by atoms with Crippen molar-refractivity contribution in [3.8, 4) is 22.1 Å². The van der Waals surface area contributed by atoms with Gasteiger partial charge in [0.2, 0.25) is 0 Å². The first-order valence-electron chi connectivity index (χ1n) is 9.29. The second kappa shape index (κ2) is 9.57. The van der Waals surface area contributed by atoms with Crippen molar-refractivity contribution in [2.24, 2.45) is 0 Å². The maximum Gasteiger partial charge on any atom is 0.351 e. The molecule has 9 heteroatoms. The normalized spacial score (nSPS) is 11.5. The third-order valence-corrected chi connectivity index (χ3v) is 5.56. The highest BCUT2D eigenvalue weighted by atomic mass is 32.1. The summed E-state index contributed by atoms with van der Waals surface area (Å²) in [5.41, 5.74) is 1.63. The second-order valence-electron chi connectivity index (χ2n) is 6.55. The Morgan fingerprint density at radius 2 is 1.74 bits per heavy atom. The SMILES string of the molecule is COc1ccc(NC(=O)C(C)OC(=O)c2sc(-c3ccc(F)cc3)nc2C)cc1OC. The lowest BCUT2D eigenvalue weighted by Crippen LogP contribution is -2.30. The first-order valence-corrected chi connectivity index (χ1v) is 10.1. The number of thiazole rings is 1. The zero-order chi connectivity index (χ0) is 22.5. The molecule has 2 aromatic carbocycles. The van der Waals surface area contributed by atoms with Gasteiger partial charge in [0.05, 0.1) is 19.9 Å². The molecule has 3 rings (SSSR count). The quantitative estimate of drug-likeness (QED) is 0.542. The Balaban J connectivity index is 1.67. The standard InChI is InChI=1S/C22H21FN2O5S/c1-12-19(31-21(24-12)14-5-7-15(23)8-6-14)22(27)30-13(2)20(26)25-16-9-10-17(28-3)18(11-16)29-4/h5-11,13H,1-4H3,(H,25,26). The number of nitrogens with one attached hydrogen (secondary N) is 1. The summed E-state index contributed by atoms with van der Waals surface area (Å²) in [6.45, 7) is 3.15. The van der Waals surface area contributed by atoms with Crippen molar-refractivity contribution >= 4 is 28.9 Å². The number of methoxy groups -OCH3 is 2. The number of hydrogen-bond donors (Lipinski definition) is 1. The predicted octanol–water partition coefficient (Wildman–Crippen LogP) is 4.46. The fourth-order valence-corrected chi connectivity index (χ4v) is 3.68. The molecule has 0 aliphatic carbocycles. The van der Waals surface area contributed by atoms with Crippen LogP contribution in [0.2, 0.25) is 0 Å². The van der Waals surface area contributed by atoms with Crippen LogP contribution >= 0.6 is 11.3 Å². The maximum atomic E-state index is 13.1. The van der Waals surface area contributed by atoms with Crippen LogP contribution < -0.4 is 14.8 Å². The minimum absolute atomic E-state index is 0.282. The summed E-state index contributed by atoms with van der Waals surface area (Å²) in [5.74, 6) is -0.526. The summed E-state index contributed by atoms with van der Waals surface area (Å²) in [5, 5.41) is 3.24. The second-order valence-corrected chi connectivity index (χ2v) is 7.55. The van der Waals surface area contributed by atoms with E-state index in [2.05, 4.69) is 10.3 Å². The number of nitrogens with zero attached hydrogens (tertiary/aromatic N) is 1. The Morgan fingerprint density at radius 1 is 1.06 bits per heavy atom. The smallest absolute Gasteiger partial charge is 0.351 e. The van der Waals surface area contributed by atoms with Gasteiger partial charge in [-0.3, -0.25) is 4.79 Å². The van der Waals surface area contributed by atoms with E-state index in [0.717, 1.165) is 11.3 Å². The van der Waals surface area contributed by atoms with E-state index in [4.69, 9.17) is 14.2 Å². The molecule has 0 fully saturated rings. The van der Waals surface area contributed by atoms with Crippen LogP contribution in [0.3, 0.4) is 0 Å². The van der Waals surface area contributed by atoms with E-state index < -0.39 is 18.0 Å². The Morgan fingerprint density at radius 3 is 2.39 bits per heavy atom. The van der Waals surface area contributed by atoms with Gasteiger partial charge in [-0.05, 0) is 50.2 Å². The molecule has 3 aromatic rings. The molecule has 1 unspecified atom stereocenters. The van der Waals surface area contributed by atoms with Crippen LogP contribution in [-0.2, 0) is 9.53 Å². The first kappa shape index (κ1) is 22.2. The molecule has 1 amide bonds. The fourth-order valence-electron chi connectivity index (χ4n) is 2.73. The zero-order valence-corrected chi connectivity index (χ0v) is 18.2. The number of hydrogen-bond acceptors (Lipinski definition) is 7.